The molecule has 0 aliphatic carbocycles. The number of amides is 1. The molecule has 1 aliphatic rings. The molecule has 0 unspecified atom stereocenters. The second kappa shape index (κ2) is 9.56. The largest absolute Gasteiger partial charge is 0.497 e. The minimum atomic E-state index is 0.0825. The molecule has 0 N–H and O–H groups in total. The summed E-state index contributed by atoms with van der Waals surface area (Å²) in [5.41, 5.74) is 2.38. The molecule has 0 spiro atoms. The van der Waals surface area contributed by atoms with Crippen molar-refractivity contribution in [3.63, 3.8) is 0 Å². The van der Waals surface area contributed by atoms with Crippen LogP contribution in [0.1, 0.15) is 25.3 Å². The van der Waals surface area contributed by atoms with Crippen LogP contribution in [0.15, 0.2) is 54.6 Å². The third-order valence-corrected chi connectivity index (χ3v) is 5.48. The summed E-state index contributed by atoms with van der Waals surface area (Å²) < 4.78 is 5.21. The van der Waals surface area contributed by atoms with Crippen LogP contribution in [0.2, 0.25) is 0 Å². The summed E-state index contributed by atoms with van der Waals surface area (Å²) >= 11 is 0. The van der Waals surface area contributed by atoms with Gasteiger partial charge in [0.25, 0.3) is 0 Å². The smallest absolute Gasteiger partial charge is 0.223 e. The van der Waals surface area contributed by atoms with Crippen molar-refractivity contribution in [2.75, 3.05) is 38.2 Å². The summed E-state index contributed by atoms with van der Waals surface area (Å²) in [5.74, 6) is 1.66. The first-order chi connectivity index (χ1) is 13.2. The van der Waals surface area contributed by atoms with Gasteiger partial charge in [0.05, 0.1) is 7.11 Å². The summed E-state index contributed by atoms with van der Waals surface area (Å²) in [4.78, 5) is 16.4. The van der Waals surface area contributed by atoms with Crippen LogP contribution in [0.25, 0.3) is 0 Å². The fraction of sp³-hybridized carbons (Fsp3) is 0.435. The number of carbonyl (C=O) groups excluding carboxylic acids is 1. The number of piperidine rings is 1. The quantitative estimate of drug-likeness (QED) is 0.742. The Kier molecular flexibility index (Phi) is 6.88. The average molecular weight is 367 g/mol. The van der Waals surface area contributed by atoms with E-state index in [1.54, 1.807) is 14.0 Å². The summed E-state index contributed by atoms with van der Waals surface area (Å²) in [7, 11) is 1.65. The maximum Gasteiger partial charge on any atom is 0.223 e. The highest BCUT2D eigenvalue weighted by atomic mass is 16.5. The topological polar surface area (TPSA) is 32.8 Å². The molecular formula is C23H30N2O2. The molecule has 27 heavy (non-hydrogen) atoms. The highest BCUT2D eigenvalue weighted by Gasteiger charge is 2.20. The van der Waals surface area contributed by atoms with Crippen LogP contribution in [-0.2, 0) is 11.2 Å². The van der Waals surface area contributed by atoms with Crippen molar-refractivity contribution in [1.82, 2.24) is 4.90 Å². The molecule has 0 radical (unpaired) electrons. The fourth-order valence-electron chi connectivity index (χ4n) is 3.83. The van der Waals surface area contributed by atoms with Gasteiger partial charge < -0.3 is 14.5 Å². The Hall–Kier alpha value is -2.33. The highest BCUT2D eigenvalue weighted by Crippen LogP contribution is 2.23. The van der Waals surface area contributed by atoms with E-state index < -0.39 is 0 Å². The van der Waals surface area contributed by atoms with Crippen molar-refractivity contribution in [3.8, 4) is 5.75 Å². The number of ether oxygens (including phenoxy) is 1. The van der Waals surface area contributed by atoms with Crippen molar-refractivity contribution in [1.29, 1.82) is 0 Å². The van der Waals surface area contributed by atoms with Gasteiger partial charge in [-0.1, -0.05) is 30.3 Å². The predicted molar refractivity (Wildman–Crippen MR) is 110 cm³/mol. The molecule has 0 saturated carbocycles. The van der Waals surface area contributed by atoms with Gasteiger partial charge in [0.1, 0.15) is 5.75 Å². The molecule has 144 valence electrons. The van der Waals surface area contributed by atoms with Crippen LogP contribution in [0.4, 0.5) is 5.69 Å². The Morgan fingerprint density at radius 2 is 1.74 bits per heavy atom. The van der Waals surface area contributed by atoms with Gasteiger partial charge in [-0.05, 0) is 68.1 Å². The molecule has 1 amide bonds. The van der Waals surface area contributed by atoms with Gasteiger partial charge >= 0.3 is 0 Å². The third kappa shape index (κ3) is 5.57. The number of benzene rings is 2. The molecule has 1 heterocycles. The van der Waals surface area contributed by atoms with Crippen molar-refractivity contribution in [2.45, 2.75) is 26.2 Å². The highest BCUT2D eigenvalue weighted by molar-refractivity contribution is 5.91. The van der Waals surface area contributed by atoms with Gasteiger partial charge in [-0.3, -0.25) is 4.79 Å². The van der Waals surface area contributed by atoms with E-state index in [4.69, 9.17) is 4.74 Å². The fourth-order valence-corrected chi connectivity index (χ4v) is 3.83. The monoisotopic (exact) mass is 366 g/mol. The second-order valence-corrected chi connectivity index (χ2v) is 7.34. The van der Waals surface area contributed by atoms with E-state index in [-0.39, 0.29) is 5.91 Å². The maximum absolute atomic E-state index is 12.1. The molecule has 2 aromatic rings. The van der Waals surface area contributed by atoms with Gasteiger partial charge in [0.15, 0.2) is 0 Å². The molecule has 4 nitrogen and oxygen atoms in total. The zero-order chi connectivity index (χ0) is 19.1. The molecule has 3 rings (SSSR count). The van der Waals surface area contributed by atoms with Crippen molar-refractivity contribution in [3.05, 3.63) is 60.2 Å². The van der Waals surface area contributed by atoms with Gasteiger partial charge in [-0.25, -0.2) is 0 Å². The standard InChI is InChI=1S/C23H30N2O2/c1-19(26)25(22-8-10-23(27-2)11-9-22)17-16-24-14-12-21(13-15-24)18-20-6-4-3-5-7-20/h3-11,21H,12-18H2,1-2H3. The SMILES string of the molecule is COc1ccc(N(CCN2CCC(Cc3ccccc3)CC2)C(C)=O)cc1. The second-order valence-electron chi connectivity index (χ2n) is 7.34. The van der Waals surface area contributed by atoms with Crippen LogP contribution >= 0.6 is 0 Å². The zero-order valence-electron chi connectivity index (χ0n) is 16.4. The van der Waals surface area contributed by atoms with Crippen LogP contribution in [0.3, 0.4) is 0 Å². The number of rotatable bonds is 7. The van der Waals surface area contributed by atoms with Crippen LogP contribution in [-0.4, -0.2) is 44.1 Å². The lowest BCUT2D eigenvalue weighted by molar-refractivity contribution is -0.116. The summed E-state index contributed by atoms with van der Waals surface area (Å²) in [6, 6.07) is 18.5. The van der Waals surface area contributed by atoms with Crippen LogP contribution in [0.5, 0.6) is 5.75 Å². The number of likely N-dealkylation sites (tertiary alicyclic amines) is 1. The number of carbonyl (C=O) groups is 1. The van der Waals surface area contributed by atoms with Gasteiger partial charge in [-0.15, -0.1) is 0 Å². The van der Waals surface area contributed by atoms with Crippen LogP contribution < -0.4 is 9.64 Å². The van der Waals surface area contributed by atoms with E-state index in [1.807, 2.05) is 29.2 Å². The molecule has 1 aliphatic heterocycles. The lowest BCUT2D eigenvalue weighted by atomic mass is 9.90. The Labute approximate surface area is 162 Å². The van der Waals surface area contributed by atoms with E-state index in [9.17, 15) is 4.79 Å². The first-order valence-electron chi connectivity index (χ1n) is 9.84. The lowest BCUT2D eigenvalue weighted by Crippen LogP contribution is -2.41. The summed E-state index contributed by atoms with van der Waals surface area (Å²) in [6.45, 7) is 5.52. The van der Waals surface area contributed by atoms with Crippen molar-refractivity contribution < 1.29 is 9.53 Å². The Morgan fingerprint density at radius 1 is 1.07 bits per heavy atom. The lowest BCUT2D eigenvalue weighted by Gasteiger charge is -2.33. The minimum absolute atomic E-state index is 0.0825. The first kappa shape index (κ1) is 19.4. The molecule has 0 aromatic heterocycles. The molecule has 4 heteroatoms. The zero-order valence-corrected chi connectivity index (χ0v) is 16.4. The third-order valence-electron chi connectivity index (χ3n) is 5.48. The molecule has 0 bridgehead atoms. The average Bonchev–Trinajstić information content (AvgIpc) is 2.70. The van der Waals surface area contributed by atoms with Gasteiger partial charge in [-0.2, -0.15) is 0 Å². The van der Waals surface area contributed by atoms with Gasteiger partial charge in [0.2, 0.25) is 5.91 Å². The molecule has 1 saturated heterocycles. The minimum Gasteiger partial charge on any atom is -0.497 e. The van der Waals surface area contributed by atoms with E-state index in [1.165, 1.54) is 24.8 Å². The molecule has 0 atom stereocenters. The molecule has 1 fully saturated rings. The number of anilines is 1. The van der Waals surface area contributed by atoms with E-state index >= 15 is 0 Å². The Bertz CT molecular complexity index is 707. The normalized spacial score (nSPS) is 15.5. The number of nitrogens with zero attached hydrogens (tertiary/aromatic N) is 2. The predicted octanol–water partition coefficient (Wildman–Crippen LogP) is 4.00. The summed E-state index contributed by atoms with van der Waals surface area (Å²) in [6.07, 6.45) is 3.65. The number of hydrogen-bond donors (Lipinski definition) is 0. The molecule has 2 aromatic carbocycles. The van der Waals surface area contributed by atoms with E-state index in [2.05, 4.69) is 35.2 Å². The maximum atomic E-state index is 12.1. The van der Waals surface area contributed by atoms with E-state index in [0.29, 0.717) is 0 Å². The Morgan fingerprint density at radius 3 is 2.33 bits per heavy atom. The van der Waals surface area contributed by atoms with Crippen molar-refractivity contribution >= 4 is 11.6 Å². The number of methoxy groups -OCH3 is 1. The van der Waals surface area contributed by atoms with Crippen molar-refractivity contribution in [2.24, 2.45) is 5.92 Å². The van der Waals surface area contributed by atoms with Crippen LogP contribution in [0, 0.1) is 5.92 Å². The molecular weight excluding hydrogens is 336 g/mol. The summed E-state index contributed by atoms with van der Waals surface area (Å²) in [5, 5.41) is 0. The Balaban J connectivity index is 1.48. The number of hydrogen-bond acceptors (Lipinski definition) is 3. The van der Waals surface area contributed by atoms with Gasteiger partial charge in [0, 0.05) is 25.7 Å². The first-order valence-corrected chi connectivity index (χ1v) is 9.84. The van der Waals surface area contributed by atoms with E-state index in [0.717, 1.165) is 43.5 Å².